The quantitative estimate of drug-likeness (QED) is 0.671. The first-order valence-corrected chi connectivity index (χ1v) is 5.77. The molecule has 10 heteroatoms. The van der Waals surface area contributed by atoms with Gasteiger partial charge in [0, 0.05) is 19.2 Å². The lowest BCUT2D eigenvalue weighted by atomic mass is 10.2. The van der Waals surface area contributed by atoms with Crippen molar-refractivity contribution in [3.05, 3.63) is 16.1 Å². The Labute approximate surface area is 107 Å². The second-order valence-electron chi connectivity index (χ2n) is 3.54. The summed E-state index contributed by atoms with van der Waals surface area (Å²) < 4.78 is 76.0. The van der Waals surface area contributed by atoms with Crippen LogP contribution in [-0.2, 0) is 10.9 Å². The summed E-state index contributed by atoms with van der Waals surface area (Å²) in [6.07, 6.45) is -9.80. The maximum atomic E-state index is 12.2. The molecule has 1 N–H and O–H groups in total. The van der Waals surface area contributed by atoms with Gasteiger partial charge >= 0.3 is 12.4 Å². The van der Waals surface area contributed by atoms with Gasteiger partial charge in [-0.05, 0) is 0 Å². The zero-order valence-corrected chi connectivity index (χ0v) is 10.1. The molecule has 1 unspecified atom stereocenters. The van der Waals surface area contributed by atoms with Crippen LogP contribution in [0.1, 0.15) is 22.4 Å². The Hall–Kier alpha value is -0.870. The predicted octanol–water partition coefficient (Wildman–Crippen LogP) is 3.16. The van der Waals surface area contributed by atoms with E-state index < -0.39 is 36.7 Å². The first kappa shape index (κ1) is 16.2. The van der Waals surface area contributed by atoms with Crippen LogP contribution in [0.4, 0.5) is 26.3 Å². The lowest BCUT2D eigenvalue weighted by Crippen LogP contribution is -2.18. The highest BCUT2D eigenvalue weighted by Crippen LogP contribution is 2.34. The lowest BCUT2D eigenvalue weighted by molar-refractivity contribution is -0.175. The van der Waals surface area contributed by atoms with Crippen LogP contribution in [0.3, 0.4) is 0 Å². The molecule has 110 valence electrons. The molecular formula is C9H9F6NO2S. The van der Waals surface area contributed by atoms with Crippen molar-refractivity contribution in [3.8, 4) is 0 Å². The summed E-state index contributed by atoms with van der Waals surface area (Å²) in [5, 5.41) is 8.36. The smallest absolute Gasteiger partial charge is 0.387 e. The zero-order valence-electron chi connectivity index (χ0n) is 9.25. The van der Waals surface area contributed by atoms with Gasteiger partial charge in [0.15, 0.2) is 5.01 Å². The predicted molar refractivity (Wildman–Crippen MR) is 53.6 cm³/mol. The van der Waals surface area contributed by atoms with E-state index in [2.05, 4.69) is 9.72 Å². The lowest BCUT2D eigenvalue weighted by Gasteiger charge is -2.10. The van der Waals surface area contributed by atoms with Crippen LogP contribution in [0.5, 0.6) is 0 Å². The zero-order chi connectivity index (χ0) is 14.7. The normalized spacial score (nSPS) is 14.7. The van der Waals surface area contributed by atoms with Crippen molar-refractivity contribution in [3.63, 3.8) is 0 Å². The monoisotopic (exact) mass is 309 g/mol. The largest absolute Gasteiger partial charge is 0.443 e. The highest BCUT2D eigenvalue weighted by molar-refractivity contribution is 7.11. The number of aliphatic hydroxyl groups is 1. The molecule has 1 aromatic heterocycles. The fraction of sp³-hybridized carbons (Fsp3) is 0.667. The van der Waals surface area contributed by atoms with Crippen molar-refractivity contribution in [1.82, 2.24) is 4.98 Å². The van der Waals surface area contributed by atoms with E-state index in [0.29, 0.717) is 0 Å². The molecular weight excluding hydrogens is 300 g/mol. The average Bonchev–Trinajstić information content (AvgIpc) is 2.71. The van der Waals surface area contributed by atoms with Gasteiger partial charge in [-0.2, -0.15) is 26.3 Å². The molecule has 0 radical (unpaired) electrons. The topological polar surface area (TPSA) is 42.4 Å². The summed E-state index contributed by atoms with van der Waals surface area (Å²) in [6.45, 7) is -1.88. The number of rotatable bonds is 5. The van der Waals surface area contributed by atoms with E-state index in [9.17, 15) is 31.4 Å². The first-order valence-electron chi connectivity index (χ1n) is 4.95. The van der Waals surface area contributed by atoms with Gasteiger partial charge in [-0.1, -0.05) is 0 Å². The fourth-order valence-electron chi connectivity index (χ4n) is 1.10. The van der Waals surface area contributed by atoms with E-state index in [4.69, 9.17) is 0 Å². The minimum absolute atomic E-state index is 0.0667. The van der Waals surface area contributed by atoms with Gasteiger partial charge in [0.05, 0.1) is 11.0 Å². The van der Waals surface area contributed by atoms with Gasteiger partial charge in [-0.25, -0.2) is 4.98 Å². The summed E-state index contributed by atoms with van der Waals surface area (Å²) in [6, 6.07) is 0. The molecule has 1 rings (SSSR count). The SMILES string of the molecule is OC(CCOCC(F)(F)F)c1cnc(C(F)(F)F)s1. The van der Waals surface area contributed by atoms with E-state index in [1.54, 1.807) is 0 Å². The van der Waals surface area contributed by atoms with Crippen LogP contribution < -0.4 is 0 Å². The summed E-state index contributed by atoms with van der Waals surface area (Å²) in [5.74, 6) is 0. The molecule has 0 aromatic carbocycles. The van der Waals surface area contributed by atoms with Crippen molar-refractivity contribution in [2.24, 2.45) is 0 Å². The molecule has 1 atom stereocenters. The number of ether oxygens (including phenoxy) is 1. The summed E-state index contributed by atoms with van der Waals surface area (Å²) >= 11 is 0.248. The Morgan fingerprint density at radius 1 is 1.26 bits per heavy atom. The van der Waals surface area contributed by atoms with Crippen molar-refractivity contribution < 1.29 is 36.2 Å². The Morgan fingerprint density at radius 3 is 2.37 bits per heavy atom. The highest BCUT2D eigenvalue weighted by atomic mass is 32.1. The summed E-state index contributed by atoms with van der Waals surface area (Å²) in [5.41, 5.74) is 0. The van der Waals surface area contributed by atoms with Gasteiger partial charge in [0.25, 0.3) is 0 Å². The van der Waals surface area contributed by atoms with E-state index in [0.717, 1.165) is 6.20 Å². The summed E-state index contributed by atoms with van der Waals surface area (Å²) in [7, 11) is 0. The number of aromatic nitrogens is 1. The van der Waals surface area contributed by atoms with Crippen molar-refractivity contribution in [2.45, 2.75) is 24.9 Å². The second-order valence-corrected chi connectivity index (χ2v) is 4.60. The number of thiazole rings is 1. The van der Waals surface area contributed by atoms with Crippen LogP contribution >= 0.6 is 11.3 Å². The molecule has 0 spiro atoms. The summed E-state index contributed by atoms with van der Waals surface area (Å²) in [4.78, 5) is 3.02. The number of nitrogens with zero attached hydrogens (tertiary/aromatic N) is 1. The minimum atomic E-state index is -4.60. The molecule has 0 amide bonds. The van der Waals surface area contributed by atoms with Gasteiger partial charge in [-0.3, -0.25) is 0 Å². The van der Waals surface area contributed by atoms with E-state index >= 15 is 0 Å². The number of aliphatic hydroxyl groups excluding tert-OH is 1. The van der Waals surface area contributed by atoms with Crippen molar-refractivity contribution in [2.75, 3.05) is 13.2 Å². The third-order valence-electron chi connectivity index (χ3n) is 1.90. The van der Waals surface area contributed by atoms with Crippen molar-refractivity contribution in [1.29, 1.82) is 0 Å². The van der Waals surface area contributed by atoms with Crippen LogP contribution in [-0.4, -0.2) is 29.5 Å². The molecule has 0 fully saturated rings. The van der Waals surface area contributed by atoms with E-state index in [-0.39, 0.29) is 22.6 Å². The molecule has 0 saturated carbocycles. The van der Waals surface area contributed by atoms with Gasteiger partial charge in [0.1, 0.15) is 6.61 Å². The number of hydrogen-bond acceptors (Lipinski definition) is 4. The Morgan fingerprint density at radius 2 is 1.89 bits per heavy atom. The van der Waals surface area contributed by atoms with E-state index in [1.165, 1.54) is 0 Å². The molecule has 1 heterocycles. The van der Waals surface area contributed by atoms with Crippen molar-refractivity contribution >= 4 is 11.3 Å². The Balaban J connectivity index is 2.42. The average molecular weight is 309 g/mol. The van der Waals surface area contributed by atoms with Gasteiger partial charge in [-0.15, -0.1) is 11.3 Å². The highest BCUT2D eigenvalue weighted by Gasteiger charge is 2.35. The number of alkyl halides is 6. The standard InChI is InChI=1S/C9H9F6NO2S/c10-8(11,12)4-18-2-1-5(17)6-3-16-7(19-6)9(13,14)15/h3,5,17H,1-2,4H2. The molecule has 0 saturated heterocycles. The molecule has 0 aliphatic carbocycles. The Kier molecular flexibility index (Phi) is 5.16. The third kappa shape index (κ3) is 5.74. The third-order valence-corrected chi connectivity index (χ3v) is 3.04. The van der Waals surface area contributed by atoms with Gasteiger partial charge < -0.3 is 9.84 Å². The number of hydrogen-bond donors (Lipinski definition) is 1. The molecule has 0 bridgehead atoms. The number of halogens is 6. The second kappa shape index (κ2) is 6.06. The van der Waals surface area contributed by atoms with Gasteiger partial charge in [0.2, 0.25) is 0 Å². The molecule has 1 aromatic rings. The maximum Gasteiger partial charge on any atom is 0.443 e. The van der Waals surface area contributed by atoms with E-state index in [1.807, 2.05) is 0 Å². The fourth-order valence-corrected chi connectivity index (χ4v) is 1.90. The minimum Gasteiger partial charge on any atom is -0.387 e. The van der Waals surface area contributed by atoms with Crippen LogP contribution in [0.2, 0.25) is 0 Å². The van der Waals surface area contributed by atoms with Crippen LogP contribution in [0.15, 0.2) is 6.20 Å². The first-order chi connectivity index (χ1) is 8.59. The Bertz CT molecular complexity index is 402. The molecule has 19 heavy (non-hydrogen) atoms. The molecule has 0 aliphatic heterocycles. The molecule has 3 nitrogen and oxygen atoms in total. The van der Waals surface area contributed by atoms with Crippen LogP contribution in [0.25, 0.3) is 0 Å². The molecule has 0 aliphatic rings. The van der Waals surface area contributed by atoms with Crippen LogP contribution in [0, 0.1) is 0 Å². The maximum absolute atomic E-state index is 12.2.